The van der Waals surface area contributed by atoms with Crippen molar-refractivity contribution in [3.8, 4) is 6.07 Å². The highest BCUT2D eigenvalue weighted by Gasteiger charge is 2.27. The molecular weight excluding hydrogens is 318 g/mol. The number of carbonyl (C=O) groups is 1. The van der Waals surface area contributed by atoms with Crippen LogP contribution in [0.25, 0.3) is 0 Å². The van der Waals surface area contributed by atoms with Crippen LogP contribution in [0.15, 0.2) is 18.3 Å². The Kier molecular flexibility index (Phi) is 5.84. The van der Waals surface area contributed by atoms with Crippen molar-refractivity contribution in [1.29, 1.82) is 5.26 Å². The van der Waals surface area contributed by atoms with Gasteiger partial charge in [0.1, 0.15) is 11.9 Å². The maximum absolute atomic E-state index is 12.4. The second-order valence-electron chi connectivity index (χ2n) is 6.84. The monoisotopic (exact) mass is 343 g/mol. The van der Waals surface area contributed by atoms with Crippen LogP contribution in [0.1, 0.15) is 18.9 Å². The van der Waals surface area contributed by atoms with Crippen LogP contribution in [0, 0.1) is 17.2 Å². The summed E-state index contributed by atoms with van der Waals surface area (Å²) in [6, 6.07) is 5.65. The molecule has 134 valence electrons. The summed E-state index contributed by atoms with van der Waals surface area (Å²) >= 11 is 0. The van der Waals surface area contributed by atoms with E-state index in [1.54, 1.807) is 12.3 Å². The fraction of sp³-hybridized carbons (Fsp3) is 0.611. The van der Waals surface area contributed by atoms with Crippen LogP contribution in [0.2, 0.25) is 0 Å². The zero-order valence-electron chi connectivity index (χ0n) is 14.6. The van der Waals surface area contributed by atoms with Crippen molar-refractivity contribution >= 4 is 11.7 Å². The lowest BCUT2D eigenvalue weighted by Crippen LogP contribution is -2.48. The molecule has 0 saturated carbocycles. The largest absolute Gasteiger partial charge is 0.375 e. The Morgan fingerprint density at radius 2 is 2.32 bits per heavy atom. The van der Waals surface area contributed by atoms with E-state index in [1.165, 1.54) is 0 Å². The van der Waals surface area contributed by atoms with Gasteiger partial charge in [0.05, 0.1) is 24.8 Å². The number of carbonyl (C=O) groups excluding carboxylic acids is 1. The van der Waals surface area contributed by atoms with Gasteiger partial charge in [-0.2, -0.15) is 5.26 Å². The molecule has 2 atom stereocenters. The number of hydrogen-bond donors (Lipinski definition) is 1. The quantitative estimate of drug-likeness (QED) is 0.857. The van der Waals surface area contributed by atoms with E-state index >= 15 is 0 Å². The van der Waals surface area contributed by atoms with Crippen molar-refractivity contribution < 1.29 is 9.53 Å². The van der Waals surface area contributed by atoms with E-state index in [0.717, 1.165) is 31.9 Å². The van der Waals surface area contributed by atoms with Crippen molar-refractivity contribution in [3.63, 3.8) is 0 Å². The number of anilines is 1. The number of pyridine rings is 1. The molecule has 7 nitrogen and oxygen atoms in total. The normalized spacial score (nSPS) is 24.1. The molecule has 0 spiro atoms. The lowest BCUT2D eigenvalue weighted by molar-refractivity contribution is -0.139. The third-order valence-corrected chi connectivity index (χ3v) is 4.79. The minimum Gasteiger partial charge on any atom is -0.375 e. The van der Waals surface area contributed by atoms with Crippen LogP contribution in [0.5, 0.6) is 0 Å². The van der Waals surface area contributed by atoms with Crippen LogP contribution < -0.4 is 5.32 Å². The lowest BCUT2D eigenvalue weighted by atomic mass is 10.1. The predicted molar refractivity (Wildman–Crippen MR) is 94.0 cm³/mol. The summed E-state index contributed by atoms with van der Waals surface area (Å²) in [5, 5.41) is 12.1. The molecular formula is C18H25N5O2. The average molecular weight is 343 g/mol. The molecule has 25 heavy (non-hydrogen) atoms. The number of nitrogens with one attached hydrogen (secondary N) is 1. The van der Waals surface area contributed by atoms with Gasteiger partial charge in [-0.3, -0.25) is 9.69 Å². The molecule has 2 unspecified atom stereocenters. The minimum absolute atomic E-state index is 0.133. The van der Waals surface area contributed by atoms with Gasteiger partial charge >= 0.3 is 0 Å². The van der Waals surface area contributed by atoms with E-state index in [9.17, 15) is 4.79 Å². The SMILES string of the molecule is CC1CN(C(=O)CN2CCC(CNc3ccc(C#N)cn3)C2)CCO1. The number of morpholine rings is 1. The zero-order chi connectivity index (χ0) is 17.6. The fourth-order valence-electron chi connectivity index (χ4n) is 3.37. The van der Waals surface area contributed by atoms with E-state index in [-0.39, 0.29) is 12.0 Å². The van der Waals surface area contributed by atoms with E-state index in [2.05, 4.69) is 21.3 Å². The molecule has 2 aliphatic heterocycles. The number of ether oxygens (including phenoxy) is 1. The van der Waals surface area contributed by atoms with Crippen LogP contribution in [-0.4, -0.2) is 72.7 Å². The predicted octanol–water partition coefficient (Wildman–Crippen LogP) is 0.934. The Balaban J connectivity index is 1.40. The van der Waals surface area contributed by atoms with Crippen molar-refractivity contribution in [2.75, 3.05) is 51.2 Å². The second-order valence-corrected chi connectivity index (χ2v) is 6.84. The highest BCUT2D eigenvalue weighted by atomic mass is 16.5. The van der Waals surface area contributed by atoms with Gasteiger partial charge in [0.15, 0.2) is 0 Å². The standard InChI is InChI=1S/C18H25N5O2/c1-14-11-23(6-7-25-14)18(24)13-22-5-4-16(12-22)10-21-17-3-2-15(8-19)9-20-17/h2-3,9,14,16H,4-7,10-13H2,1H3,(H,20,21). The zero-order valence-corrected chi connectivity index (χ0v) is 14.6. The summed E-state index contributed by atoms with van der Waals surface area (Å²) in [4.78, 5) is 20.8. The van der Waals surface area contributed by atoms with Gasteiger partial charge < -0.3 is 15.0 Å². The van der Waals surface area contributed by atoms with Gasteiger partial charge in [-0.1, -0.05) is 0 Å². The molecule has 1 aromatic heterocycles. The van der Waals surface area contributed by atoms with Gasteiger partial charge in [-0.25, -0.2) is 4.98 Å². The lowest BCUT2D eigenvalue weighted by Gasteiger charge is -2.32. The molecule has 2 aliphatic rings. The molecule has 0 bridgehead atoms. The first kappa shape index (κ1) is 17.6. The number of aromatic nitrogens is 1. The number of rotatable bonds is 5. The molecule has 3 rings (SSSR count). The van der Waals surface area contributed by atoms with E-state index in [1.807, 2.05) is 17.9 Å². The third kappa shape index (κ3) is 4.91. The highest BCUT2D eigenvalue weighted by Crippen LogP contribution is 2.17. The van der Waals surface area contributed by atoms with Gasteiger partial charge in [0.2, 0.25) is 5.91 Å². The van der Waals surface area contributed by atoms with Crippen molar-refractivity contribution in [1.82, 2.24) is 14.8 Å². The average Bonchev–Trinajstić information content (AvgIpc) is 3.08. The molecule has 1 amide bonds. The topological polar surface area (TPSA) is 81.5 Å². The van der Waals surface area contributed by atoms with Crippen LogP contribution in [-0.2, 0) is 9.53 Å². The molecule has 1 N–H and O–H groups in total. The van der Waals surface area contributed by atoms with Crippen molar-refractivity contribution in [2.24, 2.45) is 5.92 Å². The fourth-order valence-corrected chi connectivity index (χ4v) is 3.37. The molecule has 0 aliphatic carbocycles. The molecule has 2 saturated heterocycles. The first-order chi connectivity index (χ1) is 12.1. The van der Waals surface area contributed by atoms with Gasteiger partial charge in [-0.05, 0) is 37.9 Å². The van der Waals surface area contributed by atoms with Crippen LogP contribution in [0.3, 0.4) is 0 Å². The van der Waals surface area contributed by atoms with Gasteiger partial charge in [0, 0.05) is 32.4 Å². The Labute approximate surface area is 148 Å². The van der Waals surface area contributed by atoms with Crippen LogP contribution >= 0.6 is 0 Å². The first-order valence-corrected chi connectivity index (χ1v) is 8.86. The van der Waals surface area contributed by atoms with E-state index in [0.29, 0.717) is 37.7 Å². The number of hydrogen-bond acceptors (Lipinski definition) is 6. The molecule has 1 aromatic rings. The molecule has 2 fully saturated rings. The Hall–Kier alpha value is -2.17. The Morgan fingerprint density at radius 1 is 1.44 bits per heavy atom. The Bertz CT molecular complexity index is 627. The number of nitrogens with zero attached hydrogens (tertiary/aromatic N) is 4. The second kappa shape index (κ2) is 8.28. The summed E-state index contributed by atoms with van der Waals surface area (Å²) < 4.78 is 5.49. The molecule has 0 aromatic carbocycles. The third-order valence-electron chi connectivity index (χ3n) is 4.79. The summed E-state index contributed by atoms with van der Waals surface area (Å²) in [5.74, 6) is 1.50. The van der Waals surface area contributed by atoms with E-state index < -0.39 is 0 Å². The van der Waals surface area contributed by atoms with Crippen molar-refractivity contribution in [2.45, 2.75) is 19.4 Å². The maximum atomic E-state index is 12.4. The molecule has 3 heterocycles. The molecule has 0 radical (unpaired) electrons. The van der Waals surface area contributed by atoms with Crippen LogP contribution in [0.4, 0.5) is 5.82 Å². The molecule has 7 heteroatoms. The van der Waals surface area contributed by atoms with Gasteiger partial charge in [0.25, 0.3) is 0 Å². The summed E-state index contributed by atoms with van der Waals surface area (Å²) in [5.41, 5.74) is 0.563. The van der Waals surface area contributed by atoms with Crippen molar-refractivity contribution in [3.05, 3.63) is 23.9 Å². The van der Waals surface area contributed by atoms with E-state index in [4.69, 9.17) is 10.00 Å². The maximum Gasteiger partial charge on any atom is 0.236 e. The smallest absolute Gasteiger partial charge is 0.236 e. The summed E-state index contributed by atoms with van der Waals surface area (Å²) in [7, 11) is 0. The summed E-state index contributed by atoms with van der Waals surface area (Å²) in [6.07, 6.45) is 2.79. The number of likely N-dealkylation sites (tertiary alicyclic amines) is 1. The summed E-state index contributed by atoms with van der Waals surface area (Å²) in [6.45, 7) is 7.25. The number of amides is 1. The van der Waals surface area contributed by atoms with Gasteiger partial charge in [-0.15, -0.1) is 0 Å². The number of nitriles is 1. The Morgan fingerprint density at radius 3 is 3.04 bits per heavy atom. The first-order valence-electron chi connectivity index (χ1n) is 8.86. The highest BCUT2D eigenvalue weighted by molar-refractivity contribution is 5.78. The minimum atomic E-state index is 0.133.